The molecule has 1 saturated heterocycles. The van der Waals surface area contributed by atoms with E-state index in [2.05, 4.69) is 15.6 Å². The minimum atomic E-state index is -1.81. The van der Waals surface area contributed by atoms with Crippen LogP contribution in [0, 0.1) is 28.9 Å². The highest BCUT2D eigenvalue weighted by Crippen LogP contribution is 2.40. The van der Waals surface area contributed by atoms with Crippen LogP contribution in [0.4, 0.5) is 24.5 Å². The van der Waals surface area contributed by atoms with Gasteiger partial charge in [-0.2, -0.15) is 5.26 Å². The van der Waals surface area contributed by atoms with Crippen molar-refractivity contribution in [2.24, 2.45) is 5.92 Å². The number of nitrogens with one attached hydrogen (secondary N) is 3. The van der Waals surface area contributed by atoms with Crippen LogP contribution in [0.1, 0.15) is 29.8 Å². The monoisotopic (exact) mass is 566 g/mol. The van der Waals surface area contributed by atoms with E-state index in [1.807, 2.05) is 6.07 Å². The van der Waals surface area contributed by atoms with Crippen LogP contribution in [-0.2, 0) is 14.4 Å². The fourth-order valence-electron chi connectivity index (χ4n) is 4.73. The van der Waals surface area contributed by atoms with Gasteiger partial charge in [0.1, 0.15) is 23.4 Å². The van der Waals surface area contributed by atoms with Crippen LogP contribution in [0.3, 0.4) is 0 Å². The smallest absolute Gasteiger partial charge is 0.270 e. The van der Waals surface area contributed by atoms with Gasteiger partial charge in [-0.25, -0.2) is 13.2 Å². The molecule has 2 fully saturated rings. The van der Waals surface area contributed by atoms with E-state index in [9.17, 15) is 37.6 Å². The Morgan fingerprint density at radius 1 is 1.10 bits per heavy atom. The van der Waals surface area contributed by atoms with Crippen molar-refractivity contribution in [2.75, 3.05) is 30.8 Å². The second-order valence-corrected chi connectivity index (χ2v) is 10.3. The van der Waals surface area contributed by atoms with E-state index in [0.717, 1.165) is 11.0 Å². The topological polar surface area (TPSA) is 138 Å². The second kappa shape index (κ2) is 10.6. The molecule has 1 aliphatic heterocycles. The molecule has 3 N–H and O–H groups in total. The molecule has 1 saturated carbocycles. The Balaban J connectivity index is 1.18. The maximum atomic E-state index is 14.0. The Kier molecular flexibility index (Phi) is 7.17. The molecule has 1 aliphatic carbocycles. The van der Waals surface area contributed by atoms with Crippen molar-refractivity contribution in [2.45, 2.75) is 31.0 Å². The third-order valence-electron chi connectivity index (χ3n) is 7.25. The van der Waals surface area contributed by atoms with Gasteiger partial charge >= 0.3 is 0 Å². The van der Waals surface area contributed by atoms with Crippen molar-refractivity contribution in [1.82, 2.24) is 14.8 Å². The first-order valence-corrected chi connectivity index (χ1v) is 12.8. The van der Waals surface area contributed by atoms with Crippen molar-refractivity contribution in [3.63, 3.8) is 0 Å². The molecular formula is C28H25F3N6O4. The Hall–Kier alpha value is -4.86. The minimum Gasteiger partial charge on any atom is -0.350 e. The number of hydrogen-bond donors (Lipinski definition) is 3. The van der Waals surface area contributed by atoms with Gasteiger partial charge in [-0.1, -0.05) is 0 Å². The average molecular weight is 567 g/mol. The number of nitrogens with zero attached hydrogens (tertiary/aromatic N) is 3. The summed E-state index contributed by atoms with van der Waals surface area (Å²) in [6.45, 7) is -0.459. The van der Waals surface area contributed by atoms with Crippen molar-refractivity contribution in [3.05, 3.63) is 59.8 Å². The number of aromatic amines is 1. The lowest BCUT2D eigenvalue weighted by Crippen LogP contribution is -2.43. The molecule has 5 rings (SSSR count). The highest BCUT2D eigenvalue weighted by Gasteiger charge is 2.50. The number of rotatable bonds is 7. The zero-order valence-corrected chi connectivity index (χ0v) is 21.8. The Morgan fingerprint density at radius 2 is 1.76 bits per heavy atom. The fourth-order valence-corrected chi connectivity index (χ4v) is 4.73. The molecule has 3 aromatic rings. The van der Waals surface area contributed by atoms with Crippen LogP contribution in [0.15, 0.2) is 42.5 Å². The van der Waals surface area contributed by atoms with Crippen molar-refractivity contribution in [1.29, 1.82) is 5.26 Å². The third-order valence-corrected chi connectivity index (χ3v) is 7.25. The summed E-state index contributed by atoms with van der Waals surface area (Å²) in [6, 6.07) is 10.2. The minimum absolute atomic E-state index is 0.0261. The predicted molar refractivity (Wildman–Crippen MR) is 141 cm³/mol. The summed E-state index contributed by atoms with van der Waals surface area (Å²) in [4.78, 5) is 55.6. The number of fused-ring (bicyclic) bond motifs is 1. The van der Waals surface area contributed by atoms with Crippen LogP contribution in [0.2, 0.25) is 0 Å². The van der Waals surface area contributed by atoms with Gasteiger partial charge in [-0.3, -0.25) is 19.2 Å². The van der Waals surface area contributed by atoms with Crippen LogP contribution in [0.25, 0.3) is 10.9 Å². The number of halogens is 3. The van der Waals surface area contributed by atoms with Gasteiger partial charge in [0.15, 0.2) is 5.67 Å². The first kappa shape index (κ1) is 27.7. The van der Waals surface area contributed by atoms with Gasteiger partial charge in [0.05, 0.1) is 24.0 Å². The number of H-pyrrole nitrogens is 1. The van der Waals surface area contributed by atoms with Crippen LogP contribution in [-0.4, -0.2) is 70.3 Å². The predicted octanol–water partition coefficient (Wildman–Crippen LogP) is 3.34. The summed E-state index contributed by atoms with van der Waals surface area (Å²) in [5, 5.41) is 14.8. The normalized spacial score (nSPS) is 19.0. The number of benzene rings is 2. The molecule has 2 heterocycles. The first-order valence-electron chi connectivity index (χ1n) is 12.8. The van der Waals surface area contributed by atoms with Crippen LogP contribution >= 0.6 is 0 Å². The maximum absolute atomic E-state index is 14.0. The zero-order valence-electron chi connectivity index (χ0n) is 21.8. The standard InChI is InChI=1S/C28H25F3N6O4/c1-36(26(40)23-11-20-21(30)9-16(29)10-22(20)35-23)14-24(38)37-13-15(8-19(37)12-32)25(39)33-17-2-4-18(5-3-17)34-27(41)28(31)6-7-28/h2-5,9-11,15,19,35H,6-8,13-14H2,1H3,(H,33,39)(H,34,41). The fraction of sp³-hybridized carbons (Fsp3) is 0.321. The molecule has 1 aromatic heterocycles. The van der Waals surface area contributed by atoms with Crippen LogP contribution in [0.5, 0.6) is 0 Å². The highest BCUT2D eigenvalue weighted by molar-refractivity contribution is 6.01. The number of likely N-dealkylation sites (tertiary alicyclic amines) is 1. The molecule has 2 aliphatic rings. The maximum Gasteiger partial charge on any atom is 0.270 e. The summed E-state index contributed by atoms with van der Waals surface area (Å²) in [5.74, 6) is -4.66. The van der Waals surface area contributed by atoms with E-state index >= 15 is 0 Å². The summed E-state index contributed by atoms with van der Waals surface area (Å²) in [6.07, 6.45) is 0.473. The lowest BCUT2D eigenvalue weighted by molar-refractivity contribution is -0.132. The van der Waals surface area contributed by atoms with Crippen molar-refractivity contribution in [3.8, 4) is 6.07 Å². The number of nitriles is 1. The molecule has 0 radical (unpaired) electrons. The number of alkyl halides is 1. The number of carbonyl (C=O) groups excluding carboxylic acids is 4. The van der Waals surface area contributed by atoms with E-state index in [4.69, 9.17) is 0 Å². The molecule has 2 atom stereocenters. The lowest BCUT2D eigenvalue weighted by atomic mass is 10.1. The van der Waals surface area contributed by atoms with Gasteiger partial charge in [-0.15, -0.1) is 0 Å². The van der Waals surface area contributed by atoms with Crippen LogP contribution < -0.4 is 10.6 Å². The third kappa shape index (κ3) is 5.72. The number of anilines is 2. The van der Waals surface area contributed by atoms with E-state index < -0.39 is 59.4 Å². The molecular weight excluding hydrogens is 541 g/mol. The van der Waals surface area contributed by atoms with Crippen molar-refractivity contribution < 1.29 is 32.3 Å². The van der Waals surface area contributed by atoms with E-state index in [-0.39, 0.29) is 42.4 Å². The van der Waals surface area contributed by atoms with Gasteiger partial charge in [0.2, 0.25) is 11.8 Å². The van der Waals surface area contributed by atoms with Gasteiger partial charge < -0.3 is 25.4 Å². The molecule has 212 valence electrons. The highest BCUT2D eigenvalue weighted by atomic mass is 19.1. The average Bonchev–Trinajstić information content (AvgIpc) is 3.34. The van der Waals surface area contributed by atoms with Gasteiger partial charge in [0.25, 0.3) is 11.8 Å². The van der Waals surface area contributed by atoms with E-state index in [1.54, 1.807) is 0 Å². The Bertz CT molecular complexity index is 1590. The van der Waals surface area contributed by atoms with E-state index in [0.29, 0.717) is 17.4 Å². The first-order chi connectivity index (χ1) is 19.5. The number of likely N-dealkylation sites (N-methyl/N-ethyl adjacent to an activating group) is 1. The summed E-state index contributed by atoms with van der Waals surface area (Å²) in [7, 11) is 1.36. The molecule has 13 heteroatoms. The van der Waals surface area contributed by atoms with Gasteiger partial charge in [-0.05, 0) is 55.7 Å². The second-order valence-electron chi connectivity index (χ2n) is 10.3. The van der Waals surface area contributed by atoms with Crippen molar-refractivity contribution >= 4 is 45.9 Å². The van der Waals surface area contributed by atoms with Gasteiger partial charge in [0, 0.05) is 36.4 Å². The molecule has 0 spiro atoms. The lowest BCUT2D eigenvalue weighted by Gasteiger charge is -2.23. The Morgan fingerprint density at radius 3 is 2.39 bits per heavy atom. The number of amides is 4. The number of aromatic nitrogens is 1. The number of hydrogen-bond acceptors (Lipinski definition) is 5. The summed E-state index contributed by atoms with van der Waals surface area (Å²) in [5.41, 5.74) is -0.976. The molecule has 0 bridgehead atoms. The van der Waals surface area contributed by atoms with E-state index in [1.165, 1.54) is 42.3 Å². The molecule has 41 heavy (non-hydrogen) atoms. The summed E-state index contributed by atoms with van der Waals surface area (Å²) >= 11 is 0. The summed E-state index contributed by atoms with van der Waals surface area (Å²) < 4.78 is 41.4. The largest absolute Gasteiger partial charge is 0.350 e. The SMILES string of the molecule is CN(CC(=O)N1CC(C(=O)Nc2ccc(NC(=O)C3(F)CC3)cc2)CC1C#N)C(=O)c1cc2c(F)cc(F)cc2[nH]1. The number of carbonyl (C=O) groups is 4. The molecule has 2 unspecified atom stereocenters. The molecule has 10 nitrogen and oxygen atoms in total. The Labute approximate surface area is 232 Å². The zero-order chi connectivity index (χ0) is 29.5. The molecule has 4 amide bonds. The quantitative estimate of drug-likeness (QED) is 0.403. The molecule has 2 aromatic carbocycles.